The average molecular weight is 311 g/mol. The van der Waals surface area contributed by atoms with Crippen molar-refractivity contribution in [1.29, 1.82) is 0 Å². The molecule has 1 fully saturated rings. The van der Waals surface area contributed by atoms with Crippen LogP contribution >= 0.6 is 0 Å². The van der Waals surface area contributed by atoms with Gasteiger partial charge in [0, 0.05) is 36.9 Å². The summed E-state index contributed by atoms with van der Waals surface area (Å²) >= 11 is 0. The molecule has 1 aromatic heterocycles. The molecule has 1 aliphatic heterocycles. The van der Waals surface area contributed by atoms with E-state index in [2.05, 4.69) is 24.1 Å². The molecule has 0 saturated carbocycles. The predicted molar refractivity (Wildman–Crippen MR) is 93.8 cm³/mol. The molecule has 3 rings (SSSR count). The molecule has 1 unspecified atom stereocenters. The third kappa shape index (κ3) is 3.17. The maximum absolute atomic E-state index is 12.7. The number of anilines is 1. The van der Waals surface area contributed by atoms with Crippen LogP contribution in [0.3, 0.4) is 0 Å². The molecule has 4 nitrogen and oxygen atoms in total. The first-order chi connectivity index (χ1) is 11.0. The van der Waals surface area contributed by atoms with E-state index in [4.69, 9.17) is 0 Å². The van der Waals surface area contributed by atoms with Gasteiger partial charge >= 0.3 is 0 Å². The summed E-state index contributed by atoms with van der Waals surface area (Å²) in [6.45, 7) is 8.40. The molecule has 2 aromatic rings. The molecule has 1 N–H and O–H groups in total. The van der Waals surface area contributed by atoms with Gasteiger partial charge < -0.3 is 9.88 Å². The lowest BCUT2D eigenvalue weighted by molar-refractivity contribution is -0.136. The maximum atomic E-state index is 12.7. The summed E-state index contributed by atoms with van der Waals surface area (Å²) in [7, 11) is 0. The van der Waals surface area contributed by atoms with Crippen LogP contribution in [0.1, 0.15) is 27.2 Å². The van der Waals surface area contributed by atoms with Crippen molar-refractivity contribution in [3.8, 4) is 5.69 Å². The molecule has 1 saturated heterocycles. The van der Waals surface area contributed by atoms with Gasteiger partial charge in [-0.25, -0.2) is 0 Å². The van der Waals surface area contributed by atoms with Crippen LogP contribution in [0.15, 0.2) is 48.8 Å². The second-order valence-corrected chi connectivity index (χ2v) is 6.96. The van der Waals surface area contributed by atoms with E-state index in [9.17, 15) is 4.79 Å². The minimum absolute atomic E-state index is 0.0955. The Kier molecular flexibility index (Phi) is 4.26. The van der Waals surface area contributed by atoms with Crippen LogP contribution < -0.4 is 5.32 Å². The monoisotopic (exact) mass is 311 g/mol. The summed E-state index contributed by atoms with van der Waals surface area (Å²) in [6.07, 6.45) is 4.94. The molecule has 23 heavy (non-hydrogen) atoms. The Bertz CT molecular complexity index is 660. The van der Waals surface area contributed by atoms with E-state index in [1.807, 2.05) is 60.3 Å². The van der Waals surface area contributed by atoms with E-state index in [0.717, 1.165) is 30.9 Å². The number of amides is 1. The number of nitrogens with one attached hydrogen (secondary N) is 1. The summed E-state index contributed by atoms with van der Waals surface area (Å²) in [6, 6.07) is 12.0. The van der Waals surface area contributed by atoms with Crippen molar-refractivity contribution in [1.82, 2.24) is 9.47 Å². The summed E-state index contributed by atoms with van der Waals surface area (Å²) in [4.78, 5) is 14.9. The maximum Gasteiger partial charge on any atom is 0.244 e. The summed E-state index contributed by atoms with van der Waals surface area (Å²) in [5.74, 6) is 0.668. The highest BCUT2D eigenvalue weighted by Gasteiger charge is 2.46. The van der Waals surface area contributed by atoms with Crippen LogP contribution in [0.4, 0.5) is 5.69 Å². The van der Waals surface area contributed by atoms with E-state index >= 15 is 0 Å². The number of aromatic nitrogens is 1. The fourth-order valence-corrected chi connectivity index (χ4v) is 3.09. The second kappa shape index (κ2) is 6.20. The zero-order valence-corrected chi connectivity index (χ0v) is 14.1. The first kappa shape index (κ1) is 15.8. The first-order valence-electron chi connectivity index (χ1n) is 8.29. The Morgan fingerprint density at radius 3 is 2.39 bits per heavy atom. The van der Waals surface area contributed by atoms with Crippen molar-refractivity contribution < 1.29 is 4.79 Å². The third-order valence-corrected chi connectivity index (χ3v) is 4.67. The second-order valence-electron chi connectivity index (χ2n) is 6.96. The standard InChI is InChI=1S/C19H25N3O/c1-15(2)14-22-13-10-19(22,3)18(23)20-16-6-8-17(9-7-16)21-11-4-5-12-21/h4-9,11-12,15H,10,13-14H2,1-3H3,(H,20,23). The fourth-order valence-electron chi connectivity index (χ4n) is 3.09. The third-order valence-electron chi connectivity index (χ3n) is 4.67. The molecule has 1 amide bonds. The molecule has 2 heterocycles. The van der Waals surface area contributed by atoms with Crippen LogP contribution in [0.2, 0.25) is 0 Å². The topological polar surface area (TPSA) is 37.3 Å². The van der Waals surface area contributed by atoms with E-state index < -0.39 is 0 Å². The van der Waals surface area contributed by atoms with Crippen LogP contribution in [0.5, 0.6) is 0 Å². The number of benzene rings is 1. The number of hydrogen-bond acceptors (Lipinski definition) is 2. The first-order valence-corrected chi connectivity index (χ1v) is 8.29. The Balaban J connectivity index is 1.66. The molecule has 0 bridgehead atoms. The Hall–Kier alpha value is -2.07. The lowest BCUT2D eigenvalue weighted by atomic mass is 9.84. The Labute approximate surface area is 138 Å². The Morgan fingerprint density at radius 1 is 1.22 bits per heavy atom. The van der Waals surface area contributed by atoms with Crippen molar-refractivity contribution >= 4 is 11.6 Å². The summed E-state index contributed by atoms with van der Waals surface area (Å²) in [5.41, 5.74) is 1.57. The number of carbonyl (C=O) groups is 1. The van der Waals surface area contributed by atoms with E-state index in [-0.39, 0.29) is 11.4 Å². The van der Waals surface area contributed by atoms with E-state index in [1.54, 1.807) is 0 Å². The van der Waals surface area contributed by atoms with Gasteiger partial charge in [0.1, 0.15) is 0 Å². The van der Waals surface area contributed by atoms with Crippen molar-refractivity contribution in [3.63, 3.8) is 0 Å². The molecule has 4 heteroatoms. The van der Waals surface area contributed by atoms with Crippen LogP contribution in [0, 0.1) is 5.92 Å². The molecule has 1 aromatic carbocycles. The molecular formula is C19H25N3O. The molecule has 0 radical (unpaired) electrons. The minimum Gasteiger partial charge on any atom is -0.324 e. The fraction of sp³-hybridized carbons (Fsp3) is 0.421. The SMILES string of the molecule is CC(C)CN1CCC1(C)C(=O)Nc1ccc(-n2cccc2)cc1. The molecule has 0 aliphatic carbocycles. The lowest BCUT2D eigenvalue weighted by Crippen LogP contribution is -2.64. The minimum atomic E-state index is -0.372. The number of hydrogen-bond donors (Lipinski definition) is 1. The van der Waals surface area contributed by atoms with Gasteiger partial charge in [-0.3, -0.25) is 9.69 Å². The smallest absolute Gasteiger partial charge is 0.244 e. The average Bonchev–Trinajstić information content (AvgIpc) is 3.06. The number of nitrogens with zero attached hydrogens (tertiary/aromatic N) is 2. The number of rotatable bonds is 5. The lowest BCUT2D eigenvalue weighted by Gasteiger charge is -2.49. The number of likely N-dealkylation sites (tertiary alicyclic amines) is 1. The van der Waals surface area contributed by atoms with Gasteiger partial charge in [0.2, 0.25) is 5.91 Å². The normalized spacial score (nSPS) is 21.2. The van der Waals surface area contributed by atoms with Crippen LogP contribution in [0.25, 0.3) is 5.69 Å². The van der Waals surface area contributed by atoms with Crippen molar-refractivity contribution in [2.24, 2.45) is 5.92 Å². The molecule has 0 spiro atoms. The molecule has 1 atom stereocenters. The van der Waals surface area contributed by atoms with Gasteiger partial charge in [0.15, 0.2) is 0 Å². The van der Waals surface area contributed by atoms with Crippen molar-refractivity contribution in [3.05, 3.63) is 48.8 Å². The molecular weight excluding hydrogens is 286 g/mol. The van der Waals surface area contributed by atoms with Gasteiger partial charge in [0.05, 0.1) is 5.54 Å². The molecule has 122 valence electrons. The highest BCUT2D eigenvalue weighted by atomic mass is 16.2. The van der Waals surface area contributed by atoms with Gasteiger partial charge in [-0.2, -0.15) is 0 Å². The summed E-state index contributed by atoms with van der Waals surface area (Å²) in [5, 5.41) is 3.07. The quantitative estimate of drug-likeness (QED) is 0.917. The van der Waals surface area contributed by atoms with Gasteiger partial charge in [-0.05, 0) is 55.7 Å². The largest absolute Gasteiger partial charge is 0.324 e. The molecule has 1 aliphatic rings. The van der Waals surface area contributed by atoms with E-state index in [0.29, 0.717) is 5.92 Å². The van der Waals surface area contributed by atoms with Gasteiger partial charge in [-0.1, -0.05) is 13.8 Å². The van der Waals surface area contributed by atoms with Crippen molar-refractivity contribution in [2.75, 3.05) is 18.4 Å². The Morgan fingerprint density at radius 2 is 1.87 bits per heavy atom. The van der Waals surface area contributed by atoms with E-state index in [1.165, 1.54) is 0 Å². The van der Waals surface area contributed by atoms with Crippen molar-refractivity contribution in [2.45, 2.75) is 32.7 Å². The highest BCUT2D eigenvalue weighted by Crippen LogP contribution is 2.32. The van der Waals surface area contributed by atoms with Crippen LogP contribution in [-0.4, -0.2) is 34.0 Å². The zero-order valence-electron chi connectivity index (χ0n) is 14.1. The van der Waals surface area contributed by atoms with Crippen LogP contribution in [-0.2, 0) is 4.79 Å². The number of carbonyl (C=O) groups excluding carboxylic acids is 1. The summed E-state index contributed by atoms with van der Waals surface area (Å²) < 4.78 is 2.04. The predicted octanol–water partition coefficient (Wildman–Crippen LogP) is 3.54. The zero-order chi connectivity index (χ0) is 16.4. The van der Waals surface area contributed by atoms with Gasteiger partial charge in [0.25, 0.3) is 0 Å². The highest BCUT2D eigenvalue weighted by molar-refractivity contribution is 5.98. The van der Waals surface area contributed by atoms with Gasteiger partial charge in [-0.15, -0.1) is 0 Å².